The zero-order valence-corrected chi connectivity index (χ0v) is 11.3. The number of nitrogens with zero attached hydrogens (tertiary/aromatic N) is 1. The van der Waals surface area contributed by atoms with Crippen molar-refractivity contribution in [1.29, 1.82) is 0 Å². The van der Waals surface area contributed by atoms with Gasteiger partial charge in [0.15, 0.2) is 6.29 Å². The first-order valence-electron chi connectivity index (χ1n) is 6.62. The van der Waals surface area contributed by atoms with E-state index < -0.39 is 0 Å². The van der Waals surface area contributed by atoms with Crippen LogP contribution in [0.4, 0.5) is 0 Å². The lowest BCUT2D eigenvalue weighted by atomic mass is 10.1. The van der Waals surface area contributed by atoms with Gasteiger partial charge in [-0.3, -0.25) is 9.89 Å². The van der Waals surface area contributed by atoms with Gasteiger partial charge in [0.2, 0.25) is 0 Å². The van der Waals surface area contributed by atoms with Crippen molar-refractivity contribution >= 4 is 6.29 Å². The predicted molar refractivity (Wildman–Crippen MR) is 80.2 cm³/mol. The summed E-state index contributed by atoms with van der Waals surface area (Å²) in [6.45, 7) is 0.508. The van der Waals surface area contributed by atoms with Gasteiger partial charge in [-0.2, -0.15) is 5.10 Å². The fraction of sp³-hybridized carbons (Fsp3) is 0.0588. The Bertz CT molecular complexity index is 735. The molecule has 21 heavy (non-hydrogen) atoms. The van der Waals surface area contributed by atoms with Gasteiger partial charge in [-0.05, 0) is 17.7 Å². The van der Waals surface area contributed by atoms with Gasteiger partial charge in [0.25, 0.3) is 0 Å². The first-order valence-corrected chi connectivity index (χ1v) is 6.62. The Morgan fingerprint density at radius 2 is 1.95 bits per heavy atom. The Kier molecular flexibility index (Phi) is 3.78. The molecule has 0 saturated heterocycles. The second-order valence-corrected chi connectivity index (χ2v) is 4.62. The van der Waals surface area contributed by atoms with Gasteiger partial charge in [0.05, 0.1) is 17.5 Å². The molecule has 0 fully saturated rings. The van der Waals surface area contributed by atoms with Crippen LogP contribution < -0.4 is 4.74 Å². The van der Waals surface area contributed by atoms with E-state index in [1.807, 2.05) is 54.6 Å². The van der Waals surface area contributed by atoms with Crippen LogP contribution in [0.25, 0.3) is 11.3 Å². The Morgan fingerprint density at radius 3 is 2.76 bits per heavy atom. The first-order chi connectivity index (χ1) is 10.4. The summed E-state index contributed by atoms with van der Waals surface area (Å²) in [5, 5.41) is 6.73. The van der Waals surface area contributed by atoms with Crippen LogP contribution in [0.2, 0.25) is 0 Å². The maximum absolute atomic E-state index is 11.0. The molecule has 3 aromatic rings. The van der Waals surface area contributed by atoms with Crippen molar-refractivity contribution in [2.45, 2.75) is 6.61 Å². The number of rotatable bonds is 5. The number of benzene rings is 2. The van der Waals surface area contributed by atoms with Gasteiger partial charge in [-0.25, -0.2) is 0 Å². The van der Waals surface area contributed by atoms with Crippen LogP contribution in [-0.2, 0) is 6.61 Å². The van der Waals surface area contributed by atoms with E-state index in [0.29, 0.717) is 17.9 Å². The minimum Gasteiger partial charge on any atom is -0.489 e. The summed E-state index contributed by atoms with van der Waals surface area (Å²) in [5.74, 6) is 0.753. The molecule has 0 amide bonds. The highest BCUT2D eigenvalue weighted by Gasteiger charge is 2.07. The largest absolute Gasteiger partial charge is 0.489 e. The van der Waals surface area contributed by atoms with E-state index in [1.165, 1.54) is 6.20 Å². The number of hydrogen-bond donors (Lipinski definition) is 1. The molecule has 0 aliphatic carbocycles. The molecule has 104 valence electrons. The SMILES string of the molecule is O=Cc1cn[nH]c1-c1cccc(OCc2ccccc2)c1. The quantitative estimate of drug-likeness (QED) is 0.727. The number of nitrogens with one attached hydrogen (secondary N) is 1. The predicted octanol–water partition coefficient (Wildman–Crippen LogP) is 3.47. The minimum atomic E-state index is 0.508. The van der Waals surface area contributed by atoms with Crippen molar-refractivity contribution in [2.75, 3.05) is 0 Å². The molecule has 0 radical (unpaired) electrons. The summed E-state index contributed by atoms with van der Waals surface area (Å²) in [6, 6.07) is 17.6. The van der Waals surface area contributed by atoms with Crippen LogP contribution in [0, 0.1) is 0 Å². The lowest BCUT2D eigenvalue weighted by molar-refractivity contribution is 0.112. The average molecular weight is 278 g/mol. The summed E-state index contributed by atoms with van der Waals surface area (Å²) in [7, 11) is 0. The number of carbonyl (C=O) groups is 1. The smallest absolute Gasteiger partial charge is 0.153 e. The van der Waals surface area contributed by atoms with Gasteiger partial charge in [0, 0.05) is 5.56 Å². The van der Waals surface area contributed by atoms with E-state index in [-0.39, 0.29) is 0 Å². The number of H-pyrrole nitrogens is 1. The molecule has 1 heterocycles. The van der Waals surface area contributed by atoms with Crippen LogP contribution in [0.3, 0.4) is 0 Å². The molecule has 0 unspecified atom stereocenters. The van der Waals surface area contributed by atoms with Crippen molar-refractivity contribution in [3.63, 3.8) is 0 Å². The highest BCUT2D eigenvalue weighted by Crippen LogP contribution is 2.24. The van der Waals surface area contributed by atoms with Gasteiger partial charge < -0.3 is 4.74 Å². The fourth-order valence-electron chi connectivity index (χ4n) is 2.10. The Morgan fingerprint density at radius 1 is 1.10 bits per heavy atom. The number of aromatic nitrogens is 2. The third kappa shape index (κ3) is 3.00. The second-order valence-electron chi connectivity index (χ2n) is 4.62. The van der Waals surface area contributed by atoms with E-state index >= 15 is 0 Å². The zero-order valence-electron chi connectivity index (χ0n) is 11.3. The minimum absolute atomic E-state index is 0.508. The monoisotopic (exact) mass is 278 g/mol. The lowest BCUT2D eigenvalue weighted by Crippen LogP contribution is -1.95. The zero-order chi connectivity index (χ0) is 14.5. The van der Waals surface area contributed by atoms with Crippen molar-refractivity contribution < 1.29 is 9.53 Å². The maximum Gasteiger partial charge on any atom is 0.153 e. The molecular formula is C17H14N2O2. The Hall–Kier alpha value is -2.88. The highest BCUT2D eigenvalue weighted by atomic mass is 16.5. The van der Waals surface area contributed by atoms with Crippen molar-refractivity contribution in [3.05, 3.63) is 71.9 Å². The molecule has 1 N–H and O–H groups in total. The molecule has 0 aliphatic heterocycles. The van der Waals surface area contributed by atoms with E-state index in [0.717, 1.165) is 23.2 Å². The van der Waals surface area contributed by atoms with Gasteiger partial charge in [0.1, 0.15) is 12.4 Å². The topological polar surface area (TPSA) is 55.0 Å². The number of aromatic amines is 1. The molecule has 0 bridgehead atoms. The summed E-state index contributed by atoms with van der Waals surface area (Å²) < 4.78 is 5.78. The average Bonchev–Trinajstić information content (AvgIpc) is 3.03. The first kappa shape index (κ1) is 13.1. The van der Waals surface area contributed by atoms with Gasteiger partial charge in [-0.15, -0.1) is 0 Å². The molecule has 2 aromatic carbocycles. The lowest BCUT2D eigenvalue weighted by Gasteiger charge is -2.08. The number of aldehydes is 1. The molecule has 1 aromatic heterocycles. The number of carbonyl (C=O) groups excluding carboxylic acids is 1. The van der Waals surface area contributed by atoms with Crippen LogP contribution in [0.1, 0.15) is 15.9 Å². The molecule has 0 saturated carbocycles. The van der Waals surface area contributed by atoms with Gasteiger partial charge >= 0.3 is 0 Å². The second kappa shape index (κ2) is 6.05. The molecular weight excluding hydrogens is 264 g/mol. The van der Waals surface area contributed by atoms with Crippen LogP contribution in [-0.4, -0.2) is 16.5 Å². The Balaban J connectivity index is 1.79. The van der Waals surface area contributed by atoms with E-state index in [1.54, 1.807) is 0 Å². The van der Waals surface area contributed by atoms with Gasteiger partial charge in [-0.1, -0.05) is 42.5 Å². The Labute approximate surface area is 122 Å². The summed E-state index contributed by atoms with van der Waals surface area (Å²) >= 11 is 0. The van der Waals surface area contributed by atoms with Crippen molar-refractivity contribution in [2.24, 2.45) is 0 Å². The van der Waals surface area contributed by atoms with Crippen LogP contribution in [0.15, 0.2) is 60.8 Å². The van der Waals surface area contributed by atoms with Crippen molar-refractivity contribution in [1.82, 2.24) is 10.2 Å². The third-order valence-corrected chi connectivity index (χ3v) is 3.17. The summed E-state index contributed by atoms with van der Waals surface area (Å²) in [5.41, 5.74) is 3.23. The van der Waals surface area contributed by atoms with Crippen LogP contribution in [0.5, 0.6) is 5.75 Å². The number of ether oxygens (including phenoxy) is 1. The molecule has 4 nitrogen and oxygen atoms in total. The van der Waals surface area contributed by atoms with E-state index in [2.05, 4.69) is 10.2 Å². The molecule has 4 heteroatoms. The normalized spacial score (nSPS) is 10.3. The molecule has 3 rings (SSSR count). The summed E-state index contributed by atoms with van der Waals surface area (Å²) in [6.07, 6.45) is 2.30. The fourth-order valence-corrected chi connectivity index (χ4v) is 2.10. The van der Waals surface area contributed by atoms with E-state index in [9.17, 15) is 4.79 Å². The number of hydrogen-bond acceptors (Lipinski definition) is 3. The highest BCUT2D eigenvalue weighted by molar-refractivity contribution is 5.85. The van der Waals surface area contributed by atoms with E-state index in [4.69, 9.17) is 4.74 Å². The standard InChI is InChI=1S/C17H14N2O2/c20-11-15-10-18-19-17(15)14-7-4-8-16(9-14)21-12-13-5-2-1-3-6-13/h1-11H,12H2,(H,18,19). The molecule has 0 spiro atoms. The molecule has 0 aliphatic rings. The van der Waals surface area contributed by atoms with Crippen molar-refractivity contribution in [3.8, 4) is 17.0 Å². The summed E-state index contributed by atoms with van der Waals surface area (Å²) in [4.78, 5) is 11.0. The maximum atomic E-state index is 11.0. The third-order valence-electron chi connectivity index (χ3n) is 3.17. The molecule has 0 atom stereocenters. The van der Waals surface area contributed by atoms with Crippen LogP contribution >= 0.6 is 0 Å².